The number of furan rings is 1. The Hall–Kier alpha value is -2.86. The number of aliphatic hydroxyl groups excluding tert-OH is 1. The minimum atomic E-state index is -0.898. The highest BCUT2D eigenvalue weighted by atomic mass is 19.1. The van der Waals surface area contributed by atoms with Gasteiger partial charge < -0.3 is 19.6 Å². The van der Waals surface area contributed by atoms with Crippen molar-refractivity contribution in [3.05, 3.63) is 65.7 Å². The van der Waals surface area contributed by atoms with Gasteiger partial charge in [0.2, 0.25) is 0 Å². The number of fused-ring (bicyclic) bond motifs is 1. The van der Waals surface area contributed by atoms with Gasteiger partial charge in [0.25, 0.3) is 5.91 Å². The van der Waals surface area contributed by atoms with Crippen LogP contribution in [0, 0.1) is 5.82 Å². The van der Waals surface area contributed by atoms with E-state index in [1.165, 1.54) is 19.2 Å². The van der Waals surface area contributed by atoms with Crippen LogP contribution in [0.2, 0.25) is 0 Å². The van der Waals surface area contributed by atoms with E-state index in [0.717, 1.165) is 0 Å². The van der Waals surface area contributed by atoms with Gasteiger partial charge in [0.05, 0.1) is 13.2 Å². The molecule has 2 aromatic carbocycles. The summed E-state index contributed by atoms with van der Waals surface area (Å²) in [5, 5.41) is 13.2. The molecule has 1 amide bonds. The number of ether oxygens (including phenoxy) is 1. The minimum Gasteiger partial charge on any atom is -0.497 e. The Labute approximate surface area is 137 Å². The fourth-order valence-corrected chi connectivity index (χ4v) is 2.38. The topological polar surface area (TPSA) is 71.7 Å². The maximum Gasteiger partial charge on any atom is 0.287 e. The van der Waals surface area contributed by atoms with Gasteiger partial charge in [0.1, 0.15) is 5.75 Å². The van der Waals surface area contributed by atoms with Crippen LogP contribution in [-0.4, -0.2) is 24.7 Å². The van der Waals surface area contributed by atoms with Crippen LogP contribution in [0.1, 0.15) is 22.2 Å². The number of amides is 1. The highest BCUT2D eigenvalue weighted by molar-refractivity contribution is 5.96. The van der Waals surface area contributed by atoms with Crippen molar-refractivity contribution in [3.8, 4) is 5.75 Å². The molecule has 1 aromatic heterocycles. The first kappa shape index (κ1) is 16.0. The molecule has 5 nitrogen and oxygen atoms in total. The number of nitrogens with one attached hydrogen (secondary N) is 1. The predicted octanol–water partition coefficient (Wildman–Crippen LogP) is 3.04. The lowest BCUT2D eigenvalue weighted by atomic mass is 10.1. The molecule has 1 atom stereocenters. The highest BCUT2D eigenvalue weighted by Gasteiger charge is 2.16. The molecule has 0 aliphatic carbocycles. The number of aliphatic hydroxyl groups is 1. The predicted molar refractivity (Wildman–Crippen MR) is 86.5 cm³/mol. The van der Waals surface area contributed by atoms with Crippen molar-refractivity contribution in [2.24, 2.45) is 0 Å². The summed E-state index contributed by atoms with van der Waals surface area (Å²) in [6.07, 6.45) is -0.898. The third-order valence-electron chi connectivity index (χ3n) is 3.65. The summed E-state index contributed by atoms with van der Waals surface area (Å²) < 4.78 is 23.9. The Morgan fingerprint density at radius 1 is 1.29 bits per heavy atom. The smallest absolute Gasteiger partial charge is 0.287 e. The van der Waals surface area contributed by atoms with Gasteiger partial charge in [0.15, 0.2) is 17.2 Å². The molecule has 0 aliphatic rings. The second-order valence-electron chi connectivity index (χ2n) is 5.27. The molecule has 2 N–H and O–H groups in total. The zero-order valence-electron chi connectivity index (χ0n) is 13.0. The molecule has 3 rings (SSSR count). The Morgan fingerprint density at radius 3 is 2.83 bits per heavy atom. The van der Waals surface area contributed by atoms with Crippen molar-refractivity contribution in [2.75, 3.05) is 13.7 Å². The number of hydrogen-bond donors (Lipinski definition) is 2. The van der Waals surface area contributed by atoms with Crippen LogP contribution in [0.4, 0.5) is 4.39 Å². The number of halogens is 1. The molecule has 0 saturated heterocycles. The van der Waals surface area contributed by atoms with Crippen molar-refractivity contribution < 1.29 is 23.4 Å². The molecule has 124 valence electrons. The zero-order valence-corrected chi connectivity index (χ0v) is 13.0. The van der Waals surface area contributed by atoms with E-state index >= 15 is 0 Å². The summed E-state index contributed by atoms with van der Waals surface area (Å²) in [4.78, 5) is 12.1. The number of benzene rings is 2. The van der Waals surface area contributed by atoms with E-state index in [2.05, 4.69) is 5.32 Å². The monoisotopic (exact) mass is 329 g/mol. The standard InChI is InChI=1S/C18H16FNO4/c1-23-13-6-2-4-11(8-13)15(21)10-20-18(22)16-9-12-5-3-7-14(19)17(12)24-16/h2-9,15,21H,10H2,1H3,(H,20,22)/t15-/m1/s1. The van der Waals surface area contributed by atoms with Crippen LogP contribution in [0.25, 0.3) is 11.0 Å². The summed E-state index contributed by atoms with van der Waals surface area (Å²) >= 11 is 0. The van der Waals surface area contributed by atoms with E-state index < -0.39 is 17.8 Å². The second kappa shape index (κ2) is 6.72. The minimum absolute atomic E-state index is 0.00653. The maximum absolute atomic E-state index is 13.6. The molecular weight excluding hydrogens is 313 g/mol. The van der Waals surface area contributed by atoms with Gasteiger partial charge in [-0.05, 0) is 29.8 Å². The summed E-state index contributed by atoms with van der Waals surface area (Å²) in [5.41, 5.74) is 0.654. The molecule has 24 heavy (non-hydrogen) atoms. The van der Waals surface area contributed by atoms with E-state index in [9.17, 15) is 14.3 Å². The van der Waals surface area contributed by atoms with Gasteiger partial charge >= 0.3 is 0 Å². The van der Waals surface area contributed by atoms with Crippen molar-refractivity contribution in [3.63, 3.8) is 0 Å². The van der Waals surface area contributed by atoms with Gasteiger partial charge in [-0.15, -0.1) is 0 Å². The third-order valence-corrected chi connectivity index (χ3v) is 3.65. The van der Waals surface area contributed by atoms with Gasteiger partial charge in [-0.2, -0.15) is 0 Å². The third kappa shape index (κ3) is 3.23. The number of hydrogen-bond acceptors (Lipinski definition) is 4. The van der Waals surface area contributed by atoms with Crippen molar-refractivity contribution >= 4 is 16.9 Å². The summed E-state index contributed by atoms with van der Waals surface area (Å²) in [5.74, 6) is -0.436. The number of para-hydroxylation sites is 1. The van der Waals surface area contributed by atoms with Crippen LogP contribution < -0.4 is 10.1 Å². The largest absolute Gasteiger partial charge is 0.497 e. The molecule has 0 radical (unpaired) electrons. The Kier molecular flexibility index (Phi) is 4.48. The van der Waals surface area contributed by atoms with Crippen LogP contribution >= 0.6 is 0 Å². The van der Waals surface area contributed by atoms with E-state index in [1.807, 2.05) is 0 Å². The van der Waals surface area contributed by atoms with Crippen LogP contribution in [0.5, 0.6) is 5.75 Å². The fourth-order valence-electron chi connectivity index (χ4n) is 2.38. The lowest BCUT2D eigenvalue weighted by Crippen LogP contribution is -2.28. The molecule has 6 heteroatoms. The molecule has 3 aromatic rings. The van der Waals surface area contributed by atoms with Gasteiger partial charge in [-0.25, -0.2) is 4.39 Å². The molecule has 0 aliphatic heterocycles. The SMILES string of the molecule is COc1cccc([C@H](O)CNC(=O)c2cc3cccc(F)c3o2)c1. The summed E-state index contributed by atoms with van der Waals surface area (Å²) in [6.45, 7) is -0.00840. The summed E-state index contributed by atoms with van der Waals surface area (Å²) in [6, 6.07) is 12.9. The van der Waals surface area contributed by atoms with E-state index in [4.69, 9.17) is 9.15 Å². The first-order valence-corrected chi connectivity index (χ1v) is 7.37. The maximum atomic E-state index is 13.6. The van der Waals surface area contributed by atoms with E-state index in [0.29, 0.717) is 16.7 Å². The number of rotatable bonds is 5. The first-order chi connectivity index (χ1) is 11.6. The van der Waals surface area contributed by atoms with Crippen LogP contribution in [0.15, 0.2) is 52.9 Å². The molecule has 0 unspecified atom stereocenters. The van der Waals surface area contributed by atoms with Crippen LogP contribution in [0.3, 0.4) is 0 Å². The molecular formula is C18H16FNO4. The average molecular weight is 329 g/mol. The Morgan fingerprint density at radius 2 is 2.08 bits per heavy atom. The first-order valence-electron chi connectivity index (χ1n) is 7.37. The quantitative estimate of drug-likeness (QED) is 0.755. The number of carbonyl (C=O) groups excluding carboxylic acids is 1. The Balaban J connectivity index is 1.68. The van der Waals surface area contributed by atoms with Crippen molar-refractivity contribution in [1.82, 2.24) is 5.32 Å². The van der Waals surface area contributed by atoms with Gasteiger partial charge in [-0.3, -0.25) is 4.79 Å². The average Bonchev–Trinajstić information content (AvgIpc) is 3.05. The molecule has 1 heterocycles. The lowest BCUT2D eigenvalue weighted by molar-refractivity contribution is 0.0891. The molecule has 0 fully saturated rings. The normalized spacial score (nSPS) is 12.1. The molecule has 0 spiro atoms. The van der Waals surface area contributed by atoms with Crippen molar-refractivity contribution in [1.29, 1.82) is 0 Å². The highest BCUT2D eigenvalue weighted by Crippen LogP contribution is 2.22. The lowest BCUT2D eigenvalue weighted by Gasteiger charge is -2.12. The number of methoxy groups -OCH3 is 1. The van der Waals surface area contributed by atoms with Gasteiger partial charge in [0, 0.05) is 11.9 Å². The van der Waals surface area contributed by atoms with E-state index in [-0.39, 0.29) is 17.9 Å². The Bertz CT molecular complexity index is 874. The van der Waals surface area contributed by atoms with Crippen LogP contribution in [-0.2, 0) is 0 Å². The summed E-state index contributed by atoms with van der Waals surface area (Å²) in [7, 11) is 1.54. The number of carbonyl (C=O) groups is 1. The zero-order chi connectivity index (χ0) is 17.1. The van der Waals surface area contributed by atoms with Gasteiger partial charge in [-0.1, -0.05) is 24.3 Å². The molecule has 0 bridgehead atoms. The van der Waals surface area contributed by atoms with Crippen molar-refractivity contribution in [2.45, 2.75) is 6.10 Å². The molecule has 0 saturated carbocycles. The fraction of sp³-hybridized carbons (Fsp3) is 0.167. The van der Waals surface area contributed by atoms with E-state index in [1.54, 1.807) is 36.4 Å². The second-order valence-corrected chi connectivity index (χ2v) is 5.27.